The van der Waals surface area contributed by atoms with Gasteiger partial charge in [0, 0.05) is 13.1 Å². The number of hydrogen-bond donors (Lipinski definition) is 2. The van der Waals surface area contributed by atoms with Crippen molar-refractivity contribution in [3.8, 4) is 0 Å². The number of H-pyrrole nitrogens is 1. The topological polar surface area (TPSA) is 56.8 Å². The van der Waals surface area contributed by atoms with Crippen molar-refractivity contribution in [2.45, 2.75) is 24.9 Å². The molecule has 1 aliphatic heterocycles. The number of piperidine rings is 1. The van der Waals surface area contributed by atoms with E-state index < -0.39 is 17.9 Å². The number of nitrogens with zero attached hydrogens (tertiary/aromatic N) is 3. The minimum absolute atomic E-state index is 0.116. The predicted molar refractivity (Wildman–Crippen MR) is 65.2 cm³/mol. The summed E-state index contributed by atoms with van der Waals surface area (Å²) in [5.74, 6) is -6.33. The summed E-state index contributed by atoms with van der Waals surface area (Å²) in [7, 11) is 1.80. The number of rotatable bonds is 4. The molecule has 0 spiro atoms. The van der Waals surface area contributed by atoms with Crippen LogP contribution in [0, 0.1) is 5.92 Å². The predicted octanol–water partition coefficient (Wildman–Crippen LogP) is 1.89. The van der Waals surface area contributed by atoms with Crippen LogP contribution in [0.3, 0.4) is 0 Å². The fraction of sp³-hybridized carbons (Fsp3) is 0.818. The zero-order chi connectivity index (χ0) is 15.7. The first kappa shape index (κ1) is 15.9. The zero-order valence-electron chi connectivity index (χ0n) is 11.3. The van der Waals surface area contributed by atoms with Crippen molar-refractivity contribution >= 4 is 5.95 Å². The SMILES string of the molecule is CNCC1CCCN(c2n[nH]c(C(F)(F)C(F)(F)F)n2)C1. The molecule has 120 valence electrons. The molecule has 1 unspecified atom stereocenters. The summed E-state index contributed by atoms with van der Waals surface area (Å²) in [4.78, 5) is 4.96. The van der Waals surface area contributed by atoms with Crippen LogP contribution in [0.5, 0.6) is 0 Å². The average Bonchev–Trinajstić information content (AvgIpc) is 2.88. The Morgan fingerprint density at radius 1 is 1.33 bits per heavy atom. The highest BCUT2D eigenvalue weighted by atomic mass is 19.4. The normalized spacial score (nSPS) is 20.9. The number of halogens is 5. The van der Waals surface area contributed by atoms with Crippen LogP contribution in [-0.2, 0) is 5.92 Å². The highest BCUT2D eigenvalue weighted by molar-refractivity contribution is 5.30. The monoisotopic (exact) mass is 313 g/mol. The summed E-state index contributed by atoms with van der Waals surface area (Å²) in [6.45, 7) is 1.80. The molecule has 1 aliphatic rings. The largest absolute Gasteiger partial charge is 0.461 e. The molecule has 0 radical (unpaired) electrons. The number of aromatic nitrogens is 3. The summed E-state index contributed by atoms with van der Waals surface area (Å²) < 4.78 is 63.1. The van der Waals surface area contributed by atoms with Crippen molar-refractivity contribution in [1.82, 2.24) is 20.5 Å². The van der Waals surface area contributed by atoms with Crippen molar-refractivity contribution in [3.05, 3.63) is 5.82 Å². The quantitative estimate of drug-likeness (QED) is 0.834. The maximum absolute atomic E-state index is 13.2. The summed E-state index contributed by atoms with van der Waals surface area (Å²) in [5, 5.41) is 8.23. The van der Waals surface area contributed by atoms with Gasteiger partial charge in [-0.3, -0.25) is 5.10 Å². The van der Waals surface area contributed by atoms with Gasteiger partial charge in [-0.1, -0.05) is 0 Å². The van der Waals surface area contributed by atoms with Gasteiger partial charge in [-0.05, 0) is 32.4 Å². The molecule has 21 heavy (non-hydrogen) atoms. The van der Waals surface area contributed by atoms with Crippen LogP contribution in [0.15, 0.2) is 0 Å². The molecule has 2 heterocycles. The van der Waals surface area contributed by atoms with E-state index in [1.54, 1.807) is 17.0 Å². The van der Waals surface area contributed by atoms with Crippen LogP contribution in [0.1, 0.15) is 18.7 Å². The molecule has 2 N–H and O–H groups in total. The third-order valence-corrected chi connectivity index (χ3v) is 3.42. The smallest absolute Gasteiger partial charge is 0.339 e. The van der Waals surface area contributed by atoms with E-state index in [0.717, 1.165) is 19.4 Å². The van der Waals surface area contributed by atoms with Gasteiger partial charge in [0.1, 0.15) is 0 Å². The van der Waals surface area contributed by atoms with Gasteiger partial charge >= 0.3 is 12.1 Å². The molecular formula is C11H16F5N5. The van der Waals surface area contributed by atoms with E-state index in [4.69, 9.17) is 0 Å². The van der Waals surface area contributed by atoms with Crippen molar-refractivity contribution < 1.29 is 22.0 Å². The number of nitrogens with one attached hydrogen (secondary N) is 2. The Bertz CT molecular complexity index is 470. The second-order valence-electron chi connectivity index (χ2n) is 5.07. The van der Waals surface area contributed by atoms with Crippen LogP contribution in [0.4, 0.5) is 27.9 Å². The molecule has 2 rings (SSSR count). The molecule has 1 aromatic heterocycles. The number of hydrogen-bond acceptors (Lipinski definition) is 4. The standard InChI is InChI=1S/C11H16F5N5/c1-17-5-7-3-2-4-21(6-7)9-18-8(19-20-9)10(12,13)11(14,15)16/h7,17H,2-6H2,1H3,(H,18,19,20). The molecular weight excluding hydrogens is 297 g/mol. The van der Waals surface area contributed by atoms with Gasteiger partial charge in [0.15, 0.2) is 0 Å². The van der Waals surface area contributed by atoms with E-state index in [-0.39, 0.29) is 11.9 Å². The van der Waals surface area contributed by atoms with E-state index >= 15 is 0 Å². The molecule has 1 aromatic rings. The van der Waals surface area contributed by atoms with E-state index in [1.807, 2.05) is 0 Å². The van der Waals surface area contributed by atoms with Crippen LogP contribution in [-0.4, -0.2) is 48.0 Å². The first-order valence-corrected chi connectivity index (χ1v) is 6.52. The number of alkyl halides is 5. The van der Waals surface area contributed by atoms with E-state index in [0.29, 0.717) is 13.1 Å². The summed E-state index contributed by atoms with van der Waals surface area (Å²) in [6, 6.07) is 0. The van der Waals surface area contributed by atoms with Crippen molar-refractivity contribution in [2.24, 2.45) is 5.92 Å². The molecule has 0 aromatic carbocycles. The van der Waals surface area contributed by atoms with Crippen LogP contribution in [0.2, 0.25) is 0 Å². The maximum Gasteiger partial charge on any atom is 0.461 e. The van der Waals surface area contributed by atoms with Gasteiger partial charge in [0.05, 0.1) is 0 Å². The van der Waals surface area contributed by atoms with Gasteiger partial charge in [0.2, 0.25) is 11.8 Å². The average molecular weight is 313 g/mol. The lowest BCUT2D eigenvalue weighted by Crippen LogP contribution is -2.39. The Hall–Kier alpha value is -1.45. The van der Waals surface area contributed by atoms with Gasteiger partial charge in [-0.15, -0.1) is 5.10 Å². The molecule has 0 saturated carbocycles. The lowest BCUT2D eigenvalue weighted by atomic mass is 9.98. The molecule has 1 saturated heterocycles. The van der Waals surface area contributed by atoms with Crippen LogP contribution >= 0.6 is 0 Å². The lowest BCUT2D eigenvalue weighted by Gasteiger charge is -2.31. The number of anilines is 1. The first-order valence-electron chi connectivity index (χ1n) is 6.52. The molecule has 10 heteroatoms. The van der Waals surface area contributed by atoms with Crippen molar-refractivity contribution in [1.29, 1.82) is 0 Å². The van der Waals surface area contributed by atoms with Crippen molar-refractivity contribution in [3.63, 3.8) is 0 Å². The summed E-state index contributed by atoms with van der Waals surface area (Å²) >= 11 is 0. The molecule has 5 nitrogen and oxygen atoms in total. The molecule has 1 fully saturated rings. The fourth-order valence-electron chi connectivity index (χ4n) is 2.37. The minimum atomic E-state index is -5.69. The zero-order valence-corrected chi connectivity index (χ0v) is 11.3. The molecule has 1 atom stereocenters. The highest BCUT2D eigenvalue weighted by Gasteiger charge is 2.61. The lowest BCUT2D eigenvalue weighted by molar-refractivity contribution is -0.292. The Balaban J connectivity index is 2.13. The fourth-order valence-corrected chi connectivity index (χ4v) is 2.37. The Kier molecular flexibility index (Phi) is 4.35. The van der Waals surface area contributed by atoms with E-state index in [2.05, 4.69) is 15.4 Å². The van der Waals surface area contributed by atoms with Gasteiger partial charge in [-0.2, -0.15) is 26.9 Å². The third kappa shape index (κ3) is 3.25. The first-order chi connectivity index (χ1) is 9.75. The second kappa shape index (κ2) is 5.74. The Labute approximate surface area is 117 Å². The Morgan fingerprint density at radius 3 is 2.67 bits per heavy atom. The second-order valence-corrected chi connectivity index (χ2v) is 5.07. The summed E-state index contributed by atoms with van der Waals surface area (Å²) in [6.07, 6.45) is -3.92. The van der Waals surface area contributed by atoms with Crippen LogP contribution in [0.25, 0.3) is 0 Å². The van der Waals surface area contributed by atoms with Crippen molar-refractivity contribution in [2.75, 3.05) is 31.6 Å². The number of aromatic amines is 1. The molecule has 0 bridgehead atoms. The van der Waals surface area contributed by atoms with Gasteiger partial charge in [-0.25, -0.2) is 0 Å². The maximum atomic E-state index is 13.2. The van der Waals surface area contributed by atoms with E-state index in [1.165, 1.54) is 0 Å². The molecule has 0 aliphatic carbocycles. The van der Waals surface area contributed by atoms with Gasteiger partial charge < -0.3 is 10.2 Å². The van der Waals surface area contributed by atoms with Gasteiger partial charge in [0.25, 0.3) is 0 Å². The van der Waals surface area contributed by atoms with E-state index in [9.17, 15) is 22.0 Å². The molecule has 0 amide bonds. The Morgan fingerprint density at radius 2 is 2.05 bits per heavy atom. The third-order valence-electron chi connectivity index (χ3n) is 3.42. The van der Waals surface area contributed by atoms with Crippen LogP contribution < -0.4 is 10.2 Å². The summed E-state index contributed by atoms with van der Waals surface area (Å²) in [5.41, 5.74) is 0. The minimum Gasteiger partial charge on any atom is -0.339 e. The highest BCUT2D eigenvalue weighted by Crippen LogP contribution is 2.42.